The van der Waals surface area contributed by atoms with E-state index in [9.17, 15) is 8.78 Å². The molecule has 0 radical (unpaired) electrons. The van der Waals surface area contributed by atoms with Crippen LogP contribution in [0.1, 0.15) is 18.5 Å². The van der Waals surface area contributed by atoms with Gasteiger partial charge in [-0.15, -0.1) is 0 Å². The lowest BCUT2D eigenvalue weighted by atomic mass is 10.1. The van der Waals surface area contributed by atoms with E-state index in [2.05, 4.69) is 37.2 Å². The molecule has 0 bridgehead atoms. The minimum atomic E-state index is -0.494. The summed E-state index contributed by atoms with van der Waals surface area (Å²) in [6.45, 7) is 1.89. The van der Waals surface area contributed by atoms with Gasteiger partial charge >= 0.3 is 0 Å². The van der Waals surface area contributed by atoms with Crippen molar-refractivity contribution in [1.29, 1.82) is 0 Å². The Morgan fingerprint density at radius 2 is 1.63 bits per heavy atom. The molecule has 0 aliphatic carbocycles. The van der Waals surface area contributed by atoms with E-state index in [0.29, 0.717) is 0 Å². The maximum atomic E-state index is 13.7. The van der Waals surface area contributed by atoms with Crippen LogP contribution in [-0.4, -0.2) is 0 Å². The van der Waals surface area contributed by atoms with Crippen molar-refractivity contribution in [2.75, 3.05) is 5.32 Å². The zero-order valence-corrected chi connectivity index (χ0v) is 13.2. The second-order valence-electron chi connectivity index (χ2n) is 4.16. The SMILES string of the molecule is CC(Nc1cc(F)c(Br)cc1F)c1ccc(Br)cc1. The highest BCUT2D eigenvalue weighted by Gasteiger charge is 2.11. The summed E-state index contributed by atoms with van der Waals surface area (Å²) >= 11 is 6.31. The Labute approximate surface area is 127 Å². The molecule has 0 fully saturated rings. The Morgan fingerprint density at radius 1 is 1.00 bits per heavy atom. The van der Waals surface area contributed by atoms with Gasteiger partial charge in [-0.25, -0.2) is 8.78 Å². The van der Waals surface area contributed by atoms with Crippen molar-refractivity contribution >= 4 is 37.5 Å². The van der Waals surface area contributed by atoms with Gasteiger partial charge in [-0.05, 0) is 46.6 Å². The van der Waals surface area contributed by atoms with Gasteiger partial charge < -0.3 is 5.32 Å². The summed E-state index contributed by atoms with van der Waals surface area (Å²) in [6, 6.07) is 9.81. The Kier molecular flexibility index (Phi) is 4.58. The van der Waals surface area contributed by atoms with Gasteiger partial charge in [0.15, 0.2) is 0 Å². The quantitative estimate of drug-likeness (QED) is 0.666. The molecular formula is C14H11Br2F2N. The summed E-state index contributed by atoms with van der Waals surface area (Å²) in [4.78, 5) is 0. The van der Waals surface area contributed by atoms with Crippen LogP contribution in [-0.2, 0) is 0 Å². The van der Waals surface area contributed by atoms with E-state index >= 15 is 0 Å². The van der Waals surface area contributed by atoms with Crippen molar-refractivity contribution in [3.8, 4) is 0 Å². The number of anilines is 1. The molecule has 0 aliphatic rings. The van der Waals surface area contributed by atoms with E-state index in [4.69, 9.17) is 0 Å². The molecule has 0 spiro atoms. The van der Waals surface area contributed by atoms with Crippen LogP contribution in [0.5, 0.6) is 0 Å². The van der Waals surface area contributed by atoms with E-state index in [1.54, 1.807) is 0 Å². The monoisotopic (exact) mass is 389 g/mol. The van der Waals surface area contributed by atoms with Gasteiger partial charge in [-0.2, -0.15) is 0 Å². The van der Waals surface area contributed by atoms with E-state index in [-0.39, 0.29) is 16.2 Å². The van der Waals surface area contributed by atoms with Crippen molar-refractivity contribution in [1.82, 2.24) is 0 Å². The molecule has 1 nitrogen and oxygen atoms in total. The average Bonchev–Trinajstić information content (AvgIpc) is 2.36. The third kappa shape index (κ3) is 3.54. The summed E-state index contributed by atoms with van der Waals surface area (Å²) in [5.41, 5.74) is 1.14. The van der Waals surface area contributed by atoms with Crippen molar-refractivity contribution in [3.63, 3.8) is 0 Å². The predicted molar refractivity (Wildman–Crippen MR) is 80.2 cm³/mol. The Hall–Kier alpha value is -0.940. The molecule has 0 aromatic heterocycles. The number of nitrogens with one attached hydrogen (secondary N) is 1. The second-order valence-corrected chi connectivity index (χ2v) is 5.93. The van der Waals surface area contributed by atoms with Crippen LogP contribution in [0, 0.1) is 11.6 Å². The minimum absolute atomic E-state index is 0.117. The lowest BCUT2D eigenvalue weighted by Gasteiger charge is -2.16. The number of rotatable bonds is 3. The lowest BCUT2D eigenvalue weighted by molar-refractivity contribution is 0.595. The standard InChI is InChI=1S/C14H11Br2F2N/c1-8(9-2-4-10(15)5-3-9)19-14-7-12(17)11(16)6-13(14)18/h2-8,19H,1H3. The van der Waals surface area contributed by atoms with E-state index in [0.717, 1.165) is 22.2 Å². The predicted octanol–water partition coefficient (Wildman–Crippen LogP) is 5.66. The lowest BCUT2D eigenvalue weighted by Crippen LogP contribution is -2.08. The minimum Gasteiger partial charge on any atom is -0.376 e. The molecule has 2 aromatic carbocycles. The van der Waals surface area contributed by atoms with Gasteiger partial charge in [0, 0.05) is 16.6 Å². The summed E-state index contributed by atoms with van der Waals surface area (Å²) in [5, 5.41) is 2.96. The fourth-order valence-electron chi connectivity index (χ4n) is 1.70. The highest BCUT2D eigenvalue weighted by molar-refractivity contribution is 9.10. The molecule has 0 saturated heterocycles. The van der Waals surface area contributed by atoms with E-state index in [1.165, 1.54) is 0 Å². The molecular weight excluding hydrogens is 380 g/mol. The van der Waals surface area contributed by atoms with E-state index < -0.39 is 11.6 Å². The second kappa shape index (κ2) is 6.01. The molecule has 0 heterocycles. The smallest absolute Gasteiger partial charge is 0.147 e. The van der Waals surface area contributed by atoms with Crippen LogP contribution >= 0.6 is 31.9 Å². The molecule has 0 aliphatic heterocycles. The fraction of sp³-hybridized carbons (Fsp3) is 0.143. The number of hydrogen-bond donors (Lipinski definition) is 1. The first-order chi connectivity index (χ1) is 8.97. The van der Waals surface area contributed by atoms with Crippen LogP contribution in [0.25, 0.3) is 0 Å². The highest BCUT2D eigenvalue weighted by atomic mass is 79.9. The number of hydrogen-bond acceptors (Lipinski definition) is 1. The van der Waals surface area contributed by atoms with Crippen molar-refractivity contribution in [2.45, 2.75) is 13.0 Å². The molecule has 5 heteroatoms. The molecule has 100 valence electrons. The zero-order valence-electron chi connectivity index (χ0n) is 10.1. The van der Waals surface area contributed by atoms with Crippen molar-refractivity contribution in [3.05, 3.63) is 62.5 Å². The van der Waals surface area contributed by atoms with Gasteiger partial charge in [0.1, 0.15) is 11.6 Å². The van der Waals surface area contributed by atoms with E-state index in [1.807, 2.05) is 31.2 Å². The molecule has 0 amide bonds. The molecule has 2 aromatic rings. The van der Waals surface area contributed by atoms with Crippen LogP contribution in [0.15, 0.2) is 45.3 Å². The first-order valence-corrected chi connectivity index (χ1v) is 7.22. The normalized spacial score (nSPS) is 12.3. The number of benzene rings is 2. The molecule has 1 atom stereocenters. The van der Waals surface area contributed by atoms with Gasteiger partial charge in [0.05, 0.1) is 10.2 Å². The molecule has 1 unspecified atom stereocenters. The third-order valence-electron chi connectivity index (χ3n) is 2.75. The van der Waals surface area contributed by atoms with Crippen LogP contribution in [0.2, 0.25) is 0 Å². The van der Waals surface area contributed by atoms with Crippen LogP contribution < -0.4 is 5.32 Å². The molecule has 1 N–H and O–H groups in total. The van der Waals surface area contributed by atoms with Crippen molar-refractivity contribution in [2.24, 2.45) is 0 Å². The third-order valence-corrected chi connectivity index (χ3v) is 3.89. The molecule has 19 heavy (non-hydrogen) atoms. The first kappa shape index (κ1) is 14.5. The van der Waals surface area contributed by atoms with Crippen molar-refractivity contribution < 1.29 is 8.78 Å². The van der Waals surface area contributed by atoms with Crippen LogP contribution in [0.3, 0.4) is 0 Å². The Bertz CT molecular complexity index is 585. The summed E-state index contributed by atoms with van der Waals surface area (Å²) < 4.78 is 28.2. The van der Waals surface area contributed by atoms with Gasteiger partial charge in [0.25, 0.3) is 0 Å². The highest BCUT2D eigenvalue weighted by Crippen LogP contribution is 2.27. The largest absolute Gasteiger partial charge is 0.376 e. The maximum absolute atomic E-state index is 13.7. The summed E-state index contributed by atoms with van der Waals surface area (Å²) in [6.07, 6.45) is 0. The summed E-state index contributed by atoms with van der Waals surface area (Å²) in [7, 11) is 0. The van der Waals surface area contributed by atoms with Crippen LogP contribution in [0.4, 0.5) is 14.5 Å². The van der Waals surface area contributed by atoms with Gasteiger partial charge in [0.2, 0.25) is 0 Å². The molecule has 2 rings (SSSR count). The zero-order chi connectivity index (χ0) is 14.0. The first-order valence-electron chi connectivity index (χ1n) is 5.64. The summed E-state index contributed by atoms with van der Waals surface area (Å²) in [5.74, 6) is -0.982. The average molecular weight is 391 g/mol. The Morgan fingerprint density at radius 3 is 2.26 bits per heavy atom. The van der Waals surface area contributed by atoms with Gasteiger partial charge in [-0.1, -0.05) is 28.1 Å². The number of halogens is 4. The molecule has 0 saturated carbocycles. The topological polar surface area (TPSA) is 12.0 Å². The Balaban J connectivity index is 2.21. The fourth-order valence-corrected chi connectivity index (χ4v) is 2.28. The maximum Gasteiger partial charge on any atom is 0.147 e. The van der Waals surface area contributed by atoms with Gasteiger partial charge in [-0.3, -0.25) is 0 Å².